The van der Waals surface area contributed by atoms with Gasteiger partial charge in [0.2, 0.25) is 0 Å². The molecule has 5 N–H and O–H groups in total. The molecule has 2 aliphatic rings. The average molecular weight is 612 g/mol. The number of rotatable bonds is 11. The van der Waals surface area contributed by atoms with Crippen LogP contribution in [0.4, 0.5) is 0 Å². The predicted octanol–water partition coefficient (Wildman–Crippen LogP) is 1.64. The highest BCUT2D eigenvalue weighted by Gasteiger charge is 2.49. The third kappa shape index (κ3) is 7.05. The Balaban J connectivity index is 1.56. The molecule has 2 aromatic carbocycles. The van der Waals surface area contributed by atoms with Gasteiger partial charge in [-0.25, -0.2) is 4.79 Å². The summed E-state index contributed by atoms with van der Waals surface area (Å²) < 4.78 is 41.2. The lowest BCUT2D eigenvalue weighted by molar-refractivity contribution is -0.156. The number of hydrogen-bond acceptors (Lipinski definition) is 9. The van der Waals surface area contributed by atoms with Crippen LogP contribution in [0.15, 0.2) is 63.4 Å². The van der Waals surface area contributed by atoms with Gasteiger partial charge in [-0.3, -0.25) is 15.0 Å². The summed E-state index contributed by atoms with van der Waals surface area (Å²) in [5.41, 5.74) is 14.9. The molecular weight excluding hydrogens is 570 g/mol. The zero-order chi connectivity index (χ0) is 31.4. The molecule has 43 heavy (non-hydrogen) atoms. The first-order valence-corrected chi connectivity index (χ1v) is 15.8. The van der Waals surface area contributed by atoms with Gasteiger partial charge >= 0.3 is 5.97 Å². The number of benzene rings is 2. The third-order valence-corrected chi connectivity index (χ3v) is 9.33. The number of sulfonamides is 1. The van der Waals surface area contributed by atoms with Crippen molar-refractivity contribution in [3.05, 3.63) is 76.4 Å². The van der Waals surface area contributed by atoms with Gasteiger partial charge in [0.15, 0.2) is 11.3 Å². The maximum Gasteiger partial charge on any atom is 0.334 e. The highest BCUT2D eigenvalue weighted by atomic mass is 32.2. The Morgan fingerprint density at radius 2 is 2.00 bits per heavy atom. The molecule has 0 unspecified atom stereocenters. The molecule has 0 fully saturated rings. The number of amidine groups is 1. The van der Waals surface area contributed by atoms with Crippen LogP contribution >= 0.6 is 0 Å². The van der Waals surface area contributed by atoms with Crippen LogP contribution in [0.2, 0.25) is 0 Å². The van der Waals surface area contributed by atoms with Crippen molar-refractivity contribution in [3.8, 4) is 0 Å². The van der Waals surface area contributed by atoms with Crippen LogP contribution in [0.5, 0.6) is 0 Å². The van der Waals surface area contributed by atoms with Gasteiger partial charge in [0.25, 0.3) is 10.0 Å². The van der Waals surface area contributed by atoms with E-state index < -0.39 is 33.4 Å². The normalized spacial score (nSPS) is 21.9. The molecular formula is C31H41N5O6S. The van der Waals surface area contributed by atoms with Gasteiger partial charge in [0.1, 0.15) is 5.84 Å². The summed E-state index contributed by atoms with van der Waals surface area (Å²) >= 11 is 0. The molecule has 2 aromatic rings. The number of fused-ring (bicyclic) bond motifs is 1. The first-order valence-electron chi connectivity index (χ1n) is 14.3. The number of nitrogens with one attached hydrogen (secondary N) is 1. The molecule has 0 bridgehead atoms. The van der Waals surface area contributed by atoms with E-state index >= 15 is 0 Å². The molecule has 0 aliphatic carbocycles. The van der Waals surface area contributed by atoms with Crippen LogP contribution in [-0.4, -0.2) is 82.9 Å². The third-order valence-electron chi connectivity index (χ3n) is 8.04. The first-order chi connectivity index (χ1) is 20.4. The molecule has 11 nitrogen and oxygen atoms in total. The van der Waals surface area contributed by atoms with Crippen LogP contribution in [0.1, 0.15) is 48.6 Å². The largest absolute Gasteiger partial charge is 0.464 e. The number of carbonyl (C=O) groups excluding carboxylic acids is 2. The molecule has 0 saturated carbocycles. The summed E-state index contributed by atoms with van der Waals surface area (Å²) in [6, 6.07) is 10.7. The summed E-state index contributed by atoms with van der Waals surface area (Å²) in [5, 5.41) is 3.02. The van der Waals surface area contributed by atoms with E-state index in [1.165, 1.54) is 0 Å². The minimum Gasteiger partial charge on any atom is -0.464 e. The maximum absolute atomic E-state index is 13.6. The second-order valence-corrected chi connectivity index (χ2v) is 12.7. The number of ether oxygens (including phenoxy) is 2. The Morgan fingerprint density at radius 1 is 1.23 bits per heavy atom. The number of nitrogens with two attached hydrogens (primary N) is 2. The van der Waals surface area contributed by atoms with E-state index in [1.54, 1.807) is 50.4 Å². The molecule has 0 radical (unpaired) electrons. The minimum atomic E-state index is -4.13. The fourth-order valence-corrected chi connectivity index (χ4v) is 6.70. The van der Waals surface area contributed by atoms with Gasteiger partial charge < -0.3 is 20.9 Å². The molecule has 0 aromatic heterocycles. The molecule has 0 spiro atoms. The molecule has 2 aliphatic heterocycles. The smallest absolute Gasteiger partial charge is 0.334 e. The Hall–Kier alpha value is -3.42. The SMILES string of the molecule is CCOC(=O)[C@]1(C(=O)[C@@H](N)Cc2cccc(C(N)=NS(=O)(=O)c3ccc4c(c3)[C@H](COC)N(C)CC4)c2)CC(C)=CCN1. The predicted molar refractivity (Wildman–Crippen MR) is 164 cm³/mol. The molecule has 2 heterocycles. The number of nitrogens with zero attached hydrogens (tertiary/aromatic N) is 2. The number of hydrogen-bond donors (Lipinski definition) is 3. The molecule has 0 amide bonds. The number of likely N-dealkylation sites (N-methyl/N-ethyl adjacent to an activating group) is 1. The van der Waals surface area contributed by atoms with E-state index in [9.17, 15) is 18.0 Å². The number of methoxy groups -OCH3 is 1. The van der Waals surface area contributed by atoms with E-state index in [1.807, 2.05) is 26.1 Å². The van der Waals surface area contributed by atoms with Gasteiger partial charge in [-0.15, -0.1) is 4.40 Å². The van der Waals surface area contributed by atoms with Crippen LogP contribution in [0.25, 0.3) is 0 Å². The van der Waals surface area contributed by atoms with Crippen molar-refractivity contribution in [1.29, 1.82) is 0 Å². The average Bonchev–Trinajstić information content (AvgIpc) is 2.98. The van der Waals surface area contributed by atoms with E-state index in [-0.39, 0.29) is 36.2 Å². The van der Waals surface area contributed by atoms with E-state index in [0.29, 0.717) is 24.3 Å². The fourth-order valence-electron chi connectivity index (χ4n) is 5.72. The molecule has 4 rings (SSSR count). The second-order valence-electron chi connectivity index (χ2n) is 11.1. The van der Waals surface area contributed by atoms with Gasteiger partial charge in [0, 0.05) is 32.2 Å². The molecule has 12 heteroatoms. The van der Waals surface area contributed by atoms with Crippen molar-refractivity contribution in [2.45, 2.75) is 55.6 Å². The summed E-state index contributed by atoms with van der Waals surface area (Å²) in [7, 11) is -0.527. The fraction of sp³-hybridized carbons (Fsp3) is 0.452. The van der Waals surface area contributed by atoms with Crippen molar-refractivity contribution in [2.24, 2.45) is 15.9 Å². The lowest BCUT2D eigenvalue weighted by atomic mass is 9.80. The second kappa shape index (κ2) is 13.5. The molecule has 3 atom stereocenters. The Bertz CT molecular complexity index is 1540. The van der Waals surface area contributed by atoms with Gasteiger partial charge in [0.05, 0.1) is 30.2 Å². The van der Waals surface area contributed by atoms with Crippen molar-refractivity contribution in [1.82, 2.24) is 10.2 Å². The van der Waals surface area contributed by atoms with Crippen LogP contribution < -0.4 is 16.8 Å². The van der Waals surface area contributed by atoms with Crippen molar-refractivity contribution in [2.75, 3.05) is 40.5 Å². The van der Waals surface area contributed by atoms with Crippen molar-refractivity contribution < 1.29 is 27.5 Å². The number of esters is 1. The van der Waals surface area contributed by atoms with E-state index in [0.717, 1.165) is 29.7 Å². The van der Waals surface area contributed by atoms with E-state index in [2.05, 4.69) is 14.6 Å². The van der Waals surface area contributed by atoms with Crippen molar-refractivity contribution >= 4 is 27.6 Å². The highest BCUT2D eigenvalue weighted by Crippen LogP contribution is 2.31. The monoisotopic (exact) mass is 611 g/mol. The molecule has 232 valence electrons. The Labute approximate surface area is 253 Å². The van der Waals surface area contributed by atoms with Crippen LogP contribution in [-0.2, 0) is 41.9 Å². The van der Waals surface area contributed by atoms with E-state index in [4.69, 9.17) is 20.9 Å². The summed E-state index contributed by atoms with van der Waals surface area (Å²) in [5.74, 6) is -1.32. The lowest BCUT2D eigenvalue weighted by Gasteiger charge is -2.35. The van der Waals surface area contributed by atoms with Crippen LogP contribution in [0, 0.1) is 0 Å². The quantitative estimate of drug-likeness (QED) is 0.112. The maximum atomic E-state index is 13.6. The minimum absolute atomic E-state index is 0.0444. The number of ketones is 1. The van der Waals surface area contributed by atoms with Gasteiger partial charge in [-0.1, -0.05) is 35.9 Å². The number of Topliss-reactive ketones (excluding diaryl/α,β-unsaturated/α-hetero) is 1. The summed E-state index contributed by atoms with van der Waals surface area (Å²) in [4.78, 5) is 28.7. The van der Waals surface area contributed by atoms with Gasteiger partial charge in [-0.05, 0) is 68.6 Å². The first kappa shape index (κ1) is 32.5. The molecule has 0 saturated heterocycles. The lowest BCUT2D eigenvalue weighted by Crippen LogP contribution is -2.64. The topological polar surface area (TPSA) is 166 Å². The Kier molecular flexibility index (Phi) is 10.2. The van der Waals surface area contributed by atoms with Crippen molar-refractivity contribution in [3.63, 3.8) is 0 Å². The van der Waals surface area contributed by atoms with Gasteiger partial charge in [-0.2, -0.15) is 8.42 Å². The number of carbonyl (C=O) groups is 2. The zero-order valence-corrected chi connectivity index (χ0v) is 25.9. The summed E-state index contributed by atoms with van der Waals surface area (Å²) in [6.45, 7) is 5.29. The highest BCUT2D eigenvalue weighted by molar-refractivity contribution is 7.90. The standard InChI is InChI=1S/C31H41N5O6S/c1-5-42-30(38)31(18-20(2)11-13-34-31)28(37)26(32)16-21-7-6-8-23(15-21)29(33)35-43(39,40)24-10-9-22-12-14-36(3)27(19-41-4)25(22)17-24/h6-11,15,17,26-27,34H,5,12-14,16,18-19,32H2,1-4H3,(H2,33,35)/t26-,27-,31+/m0/s1. The Morgan fingerprint density at radius 3 is 2.70 bits per heavy atom. The van der Waals surface area contributed by atoms with Crippen LogP contribution in [0.3, 0.4) is 0 Å². The summed E-state index contributed by atoms with van der Waals surface area (Å²) in [6.07, 6.45) is 2.98. The zero-order valence-electron chi connectivity index (χ0n) is 25.1.